The Morgan fingerprint density at radius 1 is 1.00 bits per heavy atom. The molecule has 6 heteroatoms. The minimum atomic E-state index is -0.548. The molecule has 0 saturated heterocycles. The molecule has 0 spiro atoms. The molecule has 1 aliphatic heterocycles. The van der Waals surface area contributed by atoms with Crippen molar-refractivity contribution < 1.29 is 14.3 Å². The number of para-hydroxylation sites is 2. The Balaban J connectivity index is 1.28. The number of benzene rings is 3. The number of nitrogens with one attached hydrogen (secondary N) is 2. The molecular formula is C23H17N3O3. The molecule has 0 fully saturated rings. The molecule has 142 valence electrons. The second kappa shape index (κ2) is 6.91. The quantitative estimate of drug-likeness (QED) is 0.509. The maximum Gasteiger partial charge on any atom is 0.339 e. The van der Waals surface area contributed by atoms with Crippen molar-refractivity contribution in [1.82, 2.24) is 9.97 Å². The number of hydrogen-bond donors (Lipinski definition) is 2. The molecule has 1 aromatic heterocycles. The zero-order chi connectivity index (χ0) is 19.8. The number of H-pyrrole nitrogens is 1. The molecular weight excluding hydrogens is 366 g/mol. The topological polar surface area (TPSA) is 84.1 Å². The van der Waals surface area contributed by atoms with Crippen LogP contribution in [0.1, 0.15) is 28.4 Å². The van der Waals surface area contributed by atoms with Gasteiger partial charge in [0.25, 0.3) is 0 Å². The molecule has 0 radical (unpaired) electrons. The first-order chi connectivity index (χ1) is 14.2. The van der Waals surface area contributed by atoms with Crippen molar-refractivity contribution in [2.75, 3.05) is 5.32 Å². The van der Waals surface area contributed by atoms with E-state index < -0.39 is 6.10 Å². The lowest BCUT2D eigenvalue weighted by Gasteiger charge is -2.11. The third-order valence-corrected chi connectivity index (χ3v) is 4.98. The van der Waals surface area contributed by atoms with E-state index in [0.717, 1.165) is 28.0 Å². The van der Waals surface area contributed by atoms with Gasteiger partial charge in [0, 0.05) is 16.8 Å². The van der Waals surface area contributed by atoms with Crippen molar-refractivity contribution in [3.63, 3.8) is 0 Å². The van der Waals surface area contributed by atoms with Gasteiger partial charge >= 0.3 is 5.97 Å². The number of fused-ring (bicyclic) bond motifs is 2. The standard InChI is InChI=1S/C23H17N3O3/c27-21(13-20-16-5-1-2-6-17(16)23(28)29-20)24-15-11-9-14(10-12-15)22-25-18-7-3-4-8-19(18)26-22/h1-12,20H,13H2,(H,24,27)(H,25,26)/t20-/m0/s1. The Bertz CT molecular complexity index is 1190. The van der Waals surface area contributed by atoms with Crippen molar-refractivity contribution >= 4 is 28.6 Å². The van der Waals surface area contributed by atoms with Crippen LogP contribution in [0.5, 0.6) is 0 Å². The second-order valence-electron chi connectivity index (χ2n) is 6.91. The van der Waals surface area contributed by atoms with E-state index in [9.17, 15) is 9.59 Å². The number of imidazole rings is 1. The largest absolute Gasteiger partial charge is 0.453 e. The van der Waals surface area contributed by atoms with Crippen LogP contribution >= 0.6 is 0 Å². The number of carbonyl (C=O) groups excluding carboxylic acids is 2. The Labute approximate surface area is 166 Å². The molecule has 2 N–H and O–H groups in total. The van der Waals surface area contributed by atoms with Crippen molar-refractivity contribution in [2.24, 2.45) is 0 Å². The number of esters is 1. The van der Waals surface area contributed by atoms with Crippen LogP contribution in [0, 0.1) is 0 Å². The summed E-state index contributed by atoms with van der Waals surface area (Å²) in [5.74, 6) is 0.183. The third-order valence-electron chi connectivity index (χ3n) is 4.98. The molecule has 5 rings (SSSR count). The molecule has 0 unspecified atom stereocenters. The van der Waals surface area contributed by atoms with E-state index in [2.05, 4.69) is 15.3 Å². The monoisotopic (exact) mass is 383 g/mol. The van der Waals surface area contributed by atoms with Gasteiger partial charge in [-0.05, 0) is 42.5 Å². The molecule has 29 heavy (non-hydrogen) atoms. The zero-order valence-electron chi connectivity index (χ0n) is 15.4. The smallest absolute Gasteiger partial charge is 0.339 e. The normalized spacial score (nSPS) is 15.2. The van der Waals surface area contributed by atoms with Crippen LogP contribution in [0.3, 0.4) is 0 Å². The average Bonchev–Trinajstić information content (AvgIpc) is 3.30. The molecule has 1 atom stereocenters. The lowest BCUT2D eigenvalue weighted by atomic mass is 10.0. The van der Waals surface area contributed by atoms with Gasteiger partial charge in [0.1, 0.15) is 11.9 Å². The highest BCUT2D eigenvalue weighted by Crippen LogP contribution is 2.33. The second-order valence-corrected chi connectivity index (χ2v) is 6.91. The van der Waals surface area contributed by atoms with Gasteiger partial charge in [0.2, 0.25) is 5.91 Å². The fraction of sp³-hybridized carbons (Fsp3) is 0.0870. The predicted octanol–water partition coefficient (Wildman–Crippen LogP) is 4.47. The maximum absolute atomic E-state index is 12.4. The van der Waals surface area contributed by atoms with Crippen LogP contribution in [0.25, 0.3) is 22.4 Å². The van der Waals surface area contributed by atoms with Gasteiger partial charge in [-0.25, -0.2) is 9.78 Å². The highest BCUT2D eigenvalue weighted by Gasteiger charge is 2.32. The number of carbonyl (C=O) groups is 2. The number of amides is 1. The average molecular weight is 383 g/mol. The van der Waals surface area contributed by atoms with Crippen LogP contribution in [-0.2, 0) is 9.53 Å². The summed E-state index contributed by atoms with van der Waals surface area (Å²) in [4.78, 5) is 32.2. The third kappa shape index (κ3) is 3.25. The van der Waals surface area contributed by atoms with E-state index >= 15 is 0 Å². The molecule has 4 aromatic rings. The summed E-state index contributed by atoms with van der Waals surface area (Å²) in [6.45, 7) is 0. The van der Waals surface area contributed by atoms with Gasteiger partial charge in [-0.15, -0.1) is 0 Å². The van der Waals surface area contributed by atoms with Gasteiger partial charge in [-0.2, -0.15) is 0 Å². The van der Waals surface area contributed by atoms with E-state index in [4.69, 9.17) is 4.74 Å². The highest BCUT2D eigenvalue weighted by molar-refractivity contribution is 5.96. The van der Waals surface area contributed by atoms with E-state index in [1.807, 2.05) is 60.7 Å². The summed E-state index contributed by atoms with van der Waals surface area (Å²) < 4.78 is 5.33. The number of ether oxygens (including phenoxy) is 1. The van der Waals surface area contributed by atoms with Gasteiger partial charge in [-0.3, -0.25) is 4.79 Å². The van der Waals surface area contributed by atoms with Gasteiger partial charge in [-0.1, -0.05) is 30.3 Å². The summed E-state index contributed by atoms with van der Waals surface area (Å²) in [7, 11) is 0. The molecule has 1 amide bonds. The highest BCUT2D eigenvalue weighted by atomic mass is 16.5. The minimum Gasteiger partial charge on any atom is -0.453 e. The van der Waals surface area contributed by atoms with Gasteiger partial charge < -0.3 is 15.0 Å². The number of aromatic amines is 1. The van der Waals surface area contributed by atoms with Gasteiger partial charge in [0.05, 0.1) is 23.0 Å². The first-order valence-electron chi connectivity index (χ1n) is 9.32. The molecule has 0 aliphatic carbocycles. The fourth-order valence-corrected chi connectivity index (χ4v) is 3.55. The summed E-state index contributed by atoms with van der Waals surface area (Å²) >= 11 is 0. The predicted molar refractivity (Wildman–Crippen MR) is 109 cm³/mol. The number of aromatic nitrogens is 2. The van der Waals surface area contributed by atoms with Crippen LogP contribution in [0.4, 0.5) is 5.69 Å². The number of cyclic esters (lactones) is 1. The number of hydrogen-bond acceptors (Lipinski definition) is 4. The number of nitrogens with zero attached hydrogens (tertiary/aromatic N) is 1. The maximum atomic E-state index is 12.4. The molecule has 3 aromatic carbocycles. The van der Waals surface area contributed by atoms with Crippen LogP contribution in [0.15, 0.2) is 72.8 Å². The lowest BCUT2D eigenvalue weighted by molar-refractivity contribution is -0.118. The van der Waals surface area contributed by atoms with Crippen molar-refractivity contribution in [3.8, 4) is 11.4 Å². The van der Waals surface area contributed by atoms with Crippen molar-refractivity contribution in [1.29, 1.82) is 0 Å². The Morgan fingerprint density at radius 2 is 1.76 bits per heavy atom. The van der Waals surface area contributed by atoms with Crippen LogP contribution in [-0.4, -0.2) is 21.8 Å². The summed E-state index contributed by atoms with van der Waals surface area (Å²) in [6, 6.07) is 22.5. The molecule has 1 aliphatic rings. The van der Waals surface area contributed by atoms with Gasteiger partial charge in [0.15, 0.2) is 0 Å². The summed E-state index contributed by atoms with van der Waals surface area (Å²) in [6.07, 6.45) is -0.470. The first kappa shape index (κ1) is 17.2. The summed E-state index contributed by atoms with van der Waals surface area (Å²) in [5, 5.41) is 2.86. The molecule has 2 heterocycles. The van der Waals surface area contributed by atoms with E-state index in [0.29, 0.717) is 11.3 Å². The number of anilines is 1. The van der Waals surface area contributed by atoms with E-state index in [-0.39, 0.29) is 18.3 Å². The number of rotatable bonds is 4. The Kier molecular flexibility index (Phi) is 4.09. The summed E-state index contributed by atoms with van der Waals surface area (Å²) in [5.41, 5.74) is 4.77. The van der Waals surface area contributed by atoms with Crippen LogP contribution < -0.4 is 5.32 Å². The van der Waals surface area contributed by atoms with E-state index in [1.165, 1.54) is 0 Å². The fourth-order valence-electron chi connectivity index (χ4n) is 3.55. The van der Waals surface area contributed by atoms with Crippen LogP contribution in [0.2, 0.25) is 0 Å². The zero-order valence-corrected chi connectivity index (χ0v) is 15.4. The van der Waals surface area contributed by atoms with E-state index in [1.54, 1.807) is 12.1 Å². The molecule has 6 nitrogen and oxygen atoms in total. The molecule has 0 bridgehead atoms. The Hall–Kier alpha value is -3.93. The minimum absolute atomic E-state index is 0.0775. The van der Waals surface area contributed by atoms with Crippen molar-refractivity contribution in [3.05, 3.63) is 83.9 Å². The SMILES string of the molecule is O=C(C[C@@H]1OC(=O)c2ccccc21)Nc1ccc(-c2nc3ccccc3[nH]2)cc1. The van der Waals surface area contributed by atoms with Crippen molar-refractivity contribution in [2.45, 2.75) is 12.5 Å². The Morgan fingerprint density at radius 3 is 2.59 bits per heavy atom. The molecule has 0 saturated carbocycles. The lowest BCUT2D eigenvalue weighted by Crippen LogP contribution is -2.15. The first-order valence-corrected chi connectivity index (χ1v) is 9.32.